The van der Waals surface area contributed by atoms with E-state index in [1.165, 1.54) is 4.90 Å². The van der Waals surface area contributed by atoms with Crippen LogP contribution in [0.2, 0.25) is 0 Å². The van der Waals surface area contributed by atoms with Crippen LogP contribution in [0, 0.1) is 13.8 Å². The van der Waals surface area contributed by atoms with E-state index in [1.54, 1.807) is 13.0 Å². The van der Waals surface area contributed by atoms with Crippen molar-refractivity contribution in [3.63, 3.8) is 0 Å². The predicted octanol–water partition coefficient (Wildman–Crippen LogP) is 3.77. The highest BCUT2D eigenvalue weighted by atomic mass is 79.9. The smallest absolute Gasteiger partial charge is 0.318 e. The summed E-state index contributed by atoms with van der Waals surface area (Å²) < 4.78 is 3.15. The minimum absolute atomic E-state index is 0.282. The number of imide groups is 1. The topological polar surface area (TPSA) is 54.3 Å². The minimum atomic E-state index is -0.365. The van der Waals surface area contributed by atoms with Crippen LogP contribution < -0.4 is 5.32 Å². The highest BCUT2D eigenvalue weighted by Crippen LogP contribution is 2.24. The maximum atomic E-state index is 12.2. The first-order chi connectivity index (χ1) is 11.4. The van der Waals surface area contributed by atoms with Crippen LogP contribution in [0.3, 0.4) is 0 Å². The zero-order chi connectivity index (χ0) is 17.4. The third kappa shape index (κ3) is 2.78. The van der Waals surface area contributed by atoms with Gasteiger partial charge in [-0.2, -0.15) is 0 Å². The van der Waals surface area contributed by atoms with E-state index in [4.69, 9.17) is 0 Å². The molecule has 1 fully saturated rings. The maximum Gasteiger partial charge on any atom is 0.328 e. The SMILES string of the molecule is CCN1C(=O)N/C(=C\c2cc(C)n(-c3ccc(Br)cc3)c2C)C1=O. The molecule has 0 aliphatic carbocycles. The third-order valence-corrected chi connectivity index (χ3v) is 4.66. The number of hydrogen-bond donors (Lipinski definition) is 1. The highest BCUT2D eigenvalue weighted by Gasteiger charge is 2.32. The van der Waals surface area contributed by atoms with E-state index in [2.05, 4.69) is 25.8 Å². The quantitative estimate of drug-likeness (QED) is 0.643. The number of halogens is 1. The summed E-state index contributed by atoms with van der Waals surface area (Å²) in [7, 11) is 0. The van der Waals surface area contributed by atoms with Gasteiger partial charge in [-0.3, -0.25) is 9.69 Å². The van der Waals surface area contributed by atoms with Gasteiger partial charge in [0.05, 0.1) is 0 Å². The summed E-state index contributed by atoms with van der Waals surface area (Å²) in [6, 6.07) is 9.69. The van der Waals surface area contributed by atoms with E-state index in [0.717, 1.165) is 27.1 Å². The molecule has 24 heavy (non-hydrogen) atoms. The molecule has 2 aromatic rings. The summed E-state index contributed by atoms with van der Waals surface area (Å²) >= 11 is 3.44. The third-order valence-electron chi connectivity index (χ3n) is 4.13. The molecule has 124 valence electrons. The van der Waals surface area contributed by atoms with Crippen molar-refractivity contribution in [2.24, 2.45) is 0 Å². The Morgan fingerprint density at radius 3 is 2.42 bits per heavy atom. The molecule has 1 aromatic carbocycles. The second-order valence-corrected chi connectivity index (χ2v) is 6.59. The van der Waals surface area contributed by atoms with Crippen molar-refractivity contribution >= 4 is 33.9 Å². The molecule has 1 N–H and O–H groups in total. The van der Waals surface area contributed by atoms with Crippen LogP contribution >= 0.6 is 15.9 Å². The fourth-order valence-corrected chi connectivity index (χ4v) is 3.20. The van der Waals surface area contributed by atoms with Crippen LogP contribution in [0.1, 0.15) is 23.9 Å². The van der Waals surface area contributed by atoms with Crippen molar-refractivity contribution in [2.75, 3.05) is 6.54 Å². The lowest BCUT2D eigenvalue weighted by Crippen LogP contribution is -2.30. The molecule has 3 amide bonds. The molecule has 1 aliphatic heterocycles. The van der Waals surface area contributed by atoms with Gasteiger partial charge in [0, 0.05) is 28.1 Å². The number of nitrogens with zero attached hydrogens (tertiary/aromatic N) is 2. The van der Waals surface area contributed by atoms with Crippen LogP contribution in [-0.4, -0.2) is 28.0 Å². The number of benzene rings is 1. The number of amides is 3. The van der Waals surface area contributed by atoms with Crippen LogP contribution in [-0.2, 0) is 4.79 Å². The Labute approximate surface area is 149 Å². The lowest BCUT2D eigenvalue weighted by atomic mass is 10.2. The molecule has 0 radical (unpaired) electrons. The fraction of sp³-hybridized carbons (Fsp3) is 0.222. The van der Waals surface area contributed by atoms with Crippen LogP contribution in [0.4, 0.5) is 4.79 Å². The first-order valence-corrected chi connectivity index (χ1v) is 8.51. The van der Waals surface area contributed by atoms with Gasteiger partial charge in [-0.15, -0.1) is 0 Å². The summed E-state index contributed by atoms with van der Waals surface area (Å²) in [5.41, 5.74) is 4.36. The van der Waals surface area contributed by atoms with E-state index in [-0.39, 0.29) is 11.9 Å². The van der Waals surface area contributed by atoms with Gasteiger partial charge < -0.3 is 9.88 Å². The number of likely N-dealkylation sites (N-methyl/N-ethyl adjacent to an activating group) is 1. The van der Waals surface area contributed by atoms with Crippen molar-refractivity contribution < 1.29 is 9.59 Å². The van der Waals surface area contributed by atoms with E-state index < -0.39 is 0 Å². The Morgan fingerprint density at radius 2 is 1.83 bits per heavy atom. The van der Waals surface area contributed by atoms with Crippen molar-refractivity contribution in [3.05, 3.63) is 57.5 Å². The number of rotatable bonds is 3. The van der Waals surface area contributed by atoms with Crippen molar-refractivity contribution in [1.29, 1.82) is 0 Å². The van der Waals surface area contributed by atoms with Gasteiger partial charge in [0.15, 0.2) is 0 Å². The van der Waals surface area contributed by atoms with E-state index in [9.17, 15) is 9.59 Å². The molecule has 3 rings (SSSR count). The van der Waals surface area contributed by atoms with Crippen molar-refractivity contribution in [2.45, 2.75) is 20.8 Å². The minimum Gasteiger partial charge on any atom is -0.318 e. The Hall–Kier alpha value is -2.34. The first kappa shape index (κ1) is 16.5. The van der Waals surface area contributed by atoms with Crippen molar-refractivity contribution in [1.82, 2.24) is 14.8 Å². The molecule has 6 heteroatoms. The van der Waals surface area contributed by atoms with E-state index in [1.807, 2.05) is 44.2 Å². The second kappa shape index (κ2) is 6.28. The Kier molecular flexibility index (Phi) is 4.32. The molecule has 0 atom stereocenters. The van der Waals surface area contributed by atoms with Crippen molar-refractivity contribution in [3.8, 4) is 5.69 Å². The molecule has 2 heterocycles. The molecule has 0 spiro atoms. The molecule has 0 unspecified atom stereocenters. The average Bonchev–Trinajstić information content (AvgIpc) is 2.97. The van der Waals surface area contributed by atoms with Gasteiger partial charge >= 0.3 is 6.03 Å². The average molecular weight is 388 g/mol. The Balaban J connectivity index is 2.01. The summed E-state index contributed by atoms with van der Waals surface area (Å²) in [4.78, 5) is 25.2. The molecule has 1 aliphatic rings. The number of hydrogen-bond acceptors (Lipinski definition) is 2. The number of aromatic nitrogens is 1. The molecule has 1 aromatic heterocycles. The summed E-state index contributed by atoms with van der Waals surface area (Å²) in [5.74, 6) is -0.282. The summed E-state index contributed by atoms with van der Waals surface area (Å²) in [6.07, 6.45) is 1.74. The van der Waals surface area contributed by atoms with Gasteiger partial charge in [0.25, 0.3) is 5.91 Å². The lowest BCUT2D eigenvalue weighted by Gasteiger charge is -2.09. The van der Waals surface area contributed by atoms with Gasteiger partial charge in [-0.25, -0.2) is 4.79 Å². The fourth-order valence-electron chi connectivity index (χ4n) is 2.94. The number of carbonyl (C=O) groups is 2. The summed E-state index contributed by atoms with van der Waals surface area (Å²) in [5, 5.41) is 2.64. The van der Waals surface area contributed by atoms with Gasteiger partial charge in [-0.05, 0) is 62.7 Å². The predicted molar refractivity (Wildman–Crippen MR) is 96.8 cm³/mol. The number of carbonyl (C=O) groups excluding carboxylic acids is 2. The standard InChI is InChI=1S/C18H18BrN3O2/c1-4-21-17(23)16(20-18(21)24)10-13-9-11(2)22(12(13)3)15-7-5-14(19)6-8-15/h5-10H,4H2,1-3H3,(H,20,24)/b16-10-. The first-order valence-electron chi connectivity index (χ1n) is 7.71. The molecule has 1 saturated heterocycles. The highest BCUT2D eigenvalue weighted by molar-refractivity contribution is 9.10. The van der Waals surface area contributed by atoms with Gasteiger partial charge in [-0.1, -0.05) is 15.9 Å². The zero-order valence-electron chi connectivity index (χ0n) is 13.8. The molecular formula is C18H18BrN3O2. The summed E-state index contributed by atoms with van der Waals surface area (Å²) in [6.45, 7) is 6.16. The van der Waals surface area contributed by atoms with Crippen LogP contribution in [0.15, 0.2) is 40.5 Å². The Bertz CT molecular complexity index is 850. The van der Waals surface area contributed by atoms with Gasteiger partial charge in [0.1, 0.15) is 5.70 Å². The van der Waals surface area contributed by atoms with Crippen LogP contribution in [0.25, 0.3) is 11.8 Å². The zero-order valence-corrected chi connectivity index (χ0v) is 15.3. The molecular weight excluding hydrogens is 370 g/mol. The van der Waals surface area contributed by atoms with E-state index in [0.29, 0.717) is 12.2 Å². The van der Waals surface area contributed by atoms with E-state index >= 15 is 0 Å². The largest absolute Gasteiger partial charge is 0.328 e. The number of aryl methyl sites for hydroxylation is 1. The molecule has 0 bridgehead atoms. The molecule has 5 nitrogen and oxygen atoms in total. The van der Waals surface area contributed by atoms with Gasteiger partial charge in [0.2, 0.25) is 0 Å². The van der Waals surface area contributed by atoms with Crippen LogP contribution in [0.5, 0.6) is 0 Å². The maximum absolute atomic E-state index is 12.2. The number of urea groups is 1. The second-order valence-electron chi connectivity index (χ2n) is 5.68. The Morgan fingerprint density at radius 1 is 1.17 bits per heavy atom. The lowest BCUT2D eigenvalue weighted by molar-refractivity contribution is -0.122. The normalized spacial score (nSPS) is 16.2. The number of nitrogens with one attached hydrogen (secondary N) is 1. The molecule has 0 saturated carbocycles. The monoisotopic (exact) mass is 387 g/mol.